The average Bonchev–Trinajstić information content (AvgIpc) is 2.55. The molecule has 0 aromatic heterocycles. The van der Waals surface area contributed by atoms with Crippen LogP contribution in [0.5, 0.6) is 0 Å². The van der Waals surface area contributed by atoms with Crippen LogP contribution in [0.2, 0.25) is 0 Å². The molecule has 0 aromatic rings. The lowest BCUT2D eigenvalue weighted by molar-refractivity contribution is -0.267. The van der Waals surface area contributed by atoms with Crippen LogP contribution >= 0.6 is 7.92 Å². The molecule has 0 rings (SSSR count). The summed E-state index contributed by atoms with van der Waals surface area (Å²) in [5.41, 5.74) is 0. The lowest BCUT2D eigenvalue weighted by Gasteiger charge is -2.40. The fourth-order valence-corrected chi connectivity index (χ4v) is 4.48. The van der Waals surface area contributed by atoms with E-state index >= 15 is 0 Å². The van der Waals surface area contributed by atoms with Crippen molar-refractivity contribution in [2.75, 3.05) is 32.7 Å². The van der Waals surface area contributed by atoms with Gasteiger partial charge < -0.3 is 9.47 Å². The van der Waals surface area contributed by atoms with E-state index in [1.54, 1.807) is 0 Å². The van der Waals surface area contributed by atoms with Crippen LogP contribution in [-0.4, -0.2) is 38.5 Å². The van der Waals surface area contributed by atoms with E-state index < -0.39 is 0 Å². The number of unbranched alkanes of at least 4 members (excludes halogenated alkanes) is 5. The molecule has 0 radical (unpaired) electrons. The molecule has 24 heavy (non-hydrogen) atoms. The Morgan fingerprint density at radius 1 is 0.750 bits per heavy atom. The van der Waals surface area contributed by atoms with Crippen LogP contribution in [0.15, 0.2) is 0 Å². The third-order valence-electron chi connectivity index (χ3n) is 4.96. The molecule has 1 atom stereocenters. The Hall–Kier alpha value is 0.350. The predicted octanol–water partition coefficient (Wildman–Crippen LogP) is 7.05. The highest BCUT2D eigenvalue weighted by Gasteiger charge is 2.38. The van der Waals surface area contributed by atoms with Crippen molar-refractivity contribution in [1.29, 1.82) is 0 Å². The summed E-state index contributed by atoms with van der Waals surface area (Å²) in [7, 11) is 0.208. The third kappa shape index (κ3) is 10.4. The molecule has 0 saturated heterocycles. The van der Waals surface area contributed by atoms with E-state index in [1.165, 1.54) is 63.9 Å². The first-order chi connectivity index (χ1) is 11.6. The van der Waals surface area contributed by atoms with Gasteiger partial charge in [-0.3, -0.25) is 0 Å². The van der Waals surface area contributed by atoms with Gasteiger partial charge in [-0.25, -0.2) is 0 Å². The van der Waals surface area contributed by atoms with Crippen molar-refractivity contribution in [2.45, 2.75) is 97.7 Å². The van der Waals surface area contributed by atoms with Crippen LogP contribution in [0.4, 0.5) is 0 Å². The minimum absolute atomic E-state index is 0.208. The summed E-state index contributed by atoms with van der Waals surface area (Å²) >= 11 is 0. The zero-order valence-electron chi connectivity index (χ0n) is 17.5. The van der Waals surface area contributed by atoms with E-state index in [0.29, 0.717) is 5.92 Å². The minimum atomic E-state index is -0.350. The van der Waals surface area contributed by atoms with Gasteiger partial charge in [0.1, 0.15) is 0 Å². The first-order valence-corrected chi connectivity index (χ1v) is 12.9. The highest BCUT2D eigenvalue weighted by molar-refractivity contribution is 7.55. The van der Waals surface area contributed by atoms with Crippen LogP contribution in [-0.2, 0) is 9.47 Å². The maximum Gasteiger partial charge on any atom is 0.170 e. The monoisotopic (exact) mass is 360 g/mol. The van der Waals surface area contributed by atoms with Gasteiger partial charge in [-0.05, 0) is 59.0 Å². The molecule has 0 aliphatic heterocycles. The van der Waals surface area contributed by atoms with Crippen LogP contribution in [0.3, 0.4) is 0 Å². The molecule has 0 fully saturated rings. The second kappa shape index (κ2) is 15.6. The summed E-state index contributed by atoms with van der Waals surface area (Å²) in [6.07, 6.45) is 14.3. The molecule has 0 aliphatic carbocycles. The molecule has 1 unspecified atom stereocenters. The van der Waals surface area contributed by atoms with E-state index in [0.717, 1.165) is 19.6 Å². The lowest BCUT2D eigenvalue weighted by atomic mass is 9.86. The van der Waals surface area contributed by atoms with Crippen molar-refractivity contribution in [3.63, 3.8) is 0 Å². The molecule has 2 nitrogen and oxygen atoms in total. The van der Waals surface area contributed by atoms with E-state index in [-0.39, 0.29) is 13.7 Å². The Morgan fingerprint density at radius 2 is 1.29 bits per heavy atom. The summed E-state index contributed by atoms with van der Waals surface area (Å²) < 4.78 is 12.4. The van der Waals surface area contributed by atoms with Crippen molar-refractivity contribution in [1.82, 2.24) is 0 Å². The summed E-state index contributed by atoms with van der Waals surface area (Å²) in [5.74, 6) is 0.195. The zero-order chi connectivity index (χ0) is 18.3. The van der Waals surface area contributed by atoms with Gasteiger partial charge in [0.05, 0.1) is 0 Å². The van der Waals surface area contributed by atoms with Crippen molar-refractivity contribution < 1.29 is 9.47 Å². The zero-order valence-corrected chi connectivity index (χ0v) is 18.4. The van der Waals surface area contributed by atoms with E-state index in [1.807, 2.05) is 0 Å². The van der Waals surface area contributed by atoms with E-state index in [2.05, 4.69) is 41.0 Å². The van der Waals surface area contributed by atoms with Crippen LogP contribution in [0, 0.1) is 5.92 Å². The number of rotatable bonds is 17. The van der Waals surface area contributed by atoms with Crippen molar-refractivity contribution in [3.05, 3.63) is 0 Å². The second-order valence-electron chi connectivity index (χ2n) is 7.23. The molecule has 0 aromatic carbocycles. The van der Waals surface area contributed by atoms with Crippen LogP contribution in [0.25, 0.3) is 0 Å². The van der Waals surface area contributed by atoms with Crippen molar-refractivity contribution in [2.24, 2.45) is 5.92 Å². The van der Waals surface area contributed by atoms with E-state index in [9.17, 15) is 0 Å². The Labute approximate surface area is 154 Å². The van der Waals surface area contributed by atoms with Gasteiger partial charge in [0.25, 0.3) is 0 Å². The van der Waals surface area contributed by atoms with Gasteiger partial charge in [-0.2, -0.15) is 0 Å². The van der Waals surface area contributed by atoms with Crippen LogP contribution in [0.1, 0.15) is 91.9 Å². The fourth-order valence-electron chi connectivity index (χ4n) is 3.67. The normalized spacial score (nSPS) is 13.6. The number of hydrogen-bond acceptors (Lipinski definition) is 2. The number of hydrogen-bond donors (Lipinski definition) is 0. The van der Waals surface area contributed by atoms with Gasteiger partial charge in [0, 0.05) is 19.1 Å². The lowest BCUT2D eigenvalue weighted by Crippen LogP contribution is -2.43. The first-order valence-electron chi connectivity index (χ1n) is 10.5. The second-order valence-corrected chi connectivity index (χ2v) is 9.84. The van der Waals surface area contributed by atoms with E-state index in [4.69, 9.17) is 9.47 Å². The molecule has 0 heterocycles. The molecule has 0 aliphatic rings. The fraction of sp³-hybridized carbons (Fsp3) is 1.00. The third-order valence-corrected chi connectivity index (χ3v) is 6.17. The summed E-state index contributed by atoms with van der Waals surface area (Å²) in [6, 6.07) is 0. The molecule has 0 N–H and O–H groups in total. The Morgan fingerprint density at radius 3 is 1.79 bits per heavy atom. The standard InChI is InChI=1S/C21H45O2P/c1-7-11-12-13-14-15-17-20(18-16-19-24(5)6)21(8-2,22-9-3)23-10-4/h20H,7-19H2,1-6H3. The molecule has 3 heteroatoms. The largest absolute Gasteiger partial charge is 0.350 e. The molecule has 146 valence electrons. The topological polar surface area (TPSA) is 18.5 Å². The summed E-state index contributed by atoms with van der Waals surface area (Å²) in [6.45, 7) is 15.0. The maximum absolute atomic E-state index is 6.22. The Balaban J connectivity index is 4.66. The SMILES string of the molecule is CCCCCCCCC(CCCP(C)C)C(CC)(OCC)OCC. The highest BCUT2D eigenvalue weighted by atomic mass is 31.1. The van der Waals surface area contributed by atoms with Gasteiger partial charge in [0.15, 0.2) is 5.79 Å². The van der Waals surface area contributed by atoms with Gasteiger partial charge in [0.2, 0.25) is 0 Å². The quantitative estimate of drug-likeness (QED) is 0.157. The summed E-state index contributed by atoms with van der Waals surface area (Å²) in [4.78, 5) is 0. The predicted molar refractivity (Wildman–Crippen MR) is 111 cm³/mol. The van der Waals surface area contributed by atoms with Crippen molar-refractivity contribution >= 4 is 7.92 Å². The minimum Gasteiger partial charge on any atom is -0.350 e. The molecular weight excluding hydrogens is 315 g/mol. The average molecular weight is 361 g/mol. The maximum atomic E-state index is 6.22. The summed E-state index contributed by atoms with van der Waals surface area (Å²) in [5, 5.41) is 0. The Kier molecular flexibility index (Phi) is 15.8. The molecule has 0 amide bonds. The van der Waals surface area contributed by atoms with Crippen LogP contribution < -0.4 is 0 Å². The van der Waals surface area contributed by atoms with Gasteiger partial charge in [-0.1, -0.05) is 52.4 Å². The number of ether oxygens (including phenoxy) is 2. The smallest absolute Gasteiger partial charge is 0.170 e. The first kappa shape index (κ1) is 24.4. The molecular formula is C21H45O2P. The van der Waals surface area contributed by atoms with Crippen molar-refractivity contribution in [3.8, 4) is 0 Å². The molecule has 0 bridgehead atoms. The highest BCUT2D eigenvalue weighted by Crippen LogP contribution is 2.37. The molecule has 0 saturated carbocycles. The van der Waals surface area contributed by atoms with Gasteiger partial charge in [-0.15, -0.1) is 7.92 Å². The molecule has 0 spiro atoms. The Bertz CT molecular complexity index is 263. The van der Waals surface area contributed by atoms with Gasteiger partial charge >= 0.3 is 0 Å².